The van der Waals surface area contributed by atoms with Gasteiger partial charge in [0.1, 0.15) is 0 Å². The van der Waals surface area contributed by atoms with Crippen molar-refractivity contribution < 1.29 is 0 Å². The van der Waals surface area contributed by atoms with Crippen LogP contribution >= 0.6 is 11.8 Å². The highest BCUT2D eigenvalue weighted by molar-refractivity contribution is 8.00. The van der Waals surface area contributed by atoms with E-state index in [0.717, 1.165) is 12.8 Å². The molecule has 0 saturated heterocycles. The molecule has 0 nitrogen and oxygen atoms in total. The molecule has 0 aliphatic carbocycles. The lowest BCUT2D eigenvalue weighted by molar-refractivity contribution is 0.551. The van der Waals surface area contributed by atoms with E-state index >= 15 is 0 Å². The van der Waals surface area contributed by atoms with Gasteiger partial charge in [0.25, 0.3) is 0 Å². The van der Waals surface area contributed by atoms with Crippen LogP contribution in [0.25, 0.3) is 0 Å². The summed E-state index contributed by atoms with van der Waals surface area (Å²) in [6, 6.07) is 4.89. The van der Waals surface area contributed by atoms with E-state index in [2.05, 4.69) is 87.9 Å². The number of thioether (sulfide) groups is 1. The van der Waals surface area contributed by atoms with E-state index in [1.54, 1.807) is 0 Å². The number of rotatable bonds is 4. The first kappa shape index (κ1) is 21.4. The number of hydrogen-bond acceptors (Lipinski definition) is 1. The molecule has 0 spiro atoms. The van der Waals surface area contributed by atoms with Crippen LogP contribution in [-0.2, 0) is 17.3 Å². The Labute approximate surface area is 155 Å². The Morgan fingerprint density at radius 2 is 1.29 bits per heavy atom. The van der Waals surface area contributed by atoms with Crippen molar-refractivity contribution in [3.63, 3.8) is 0 Å². The van der Waals surface area contributed by atoms with Crippen molar-refractivity contribution in [2.24, 2.45) is 0 Å². The molecule has 1 heteroatoms. The molecule has 0 aliphatic rings. The van der Waals surface area contributed by atoms with E-state index in [0.29, 0.717) is 0 Å². The number of allylic oxidation sites excluding steroid dienone is 1. The van der Waals surface area contributed by atoms with Crippen molar-refractivity contribution in [3.05, 3.63) is 41.0 Å². The molecule has 0 N–H and O–H groups in total. The molecule has 0 heterocycles. The van der Waals surface area contributed by atoms with Gasteiger partial charge in [-0.05, 0) is 59.4 Å². The summed E-state index contributed by atoms with van der Waals surface area (Å²) >= 11 is 1.98. The first-order valence-electron chi connectivity index (χ1n) is 9.12. The van der Waals surface area contributed by atoms with Gasteiger partial charge in [0, 0.05) is 9.64 Å². The van der Waals surface area contributed by atoms with E-state index < -0.39 is 0 Å². The smallest absolute Gasteiger partial charge is 0.0122 e. The maximum absolute atomic E-state index is 4.12. The van der Waals surface area contributed by atoms with Gasteiger partial charge in [0.15, 0.2) is 0 Å². The Balaban J connectivity index is 3.60. The molecule has 0 atom stereocenters. The van der Waals surface area contributed by atoms with Crippen LogP contribution in [0.4, 0.5) is 0 Å². The molecule has 0 bridgehead atoms. The second-order valence-electron chi connectivity index (χ2n) is 10.2. The molecular weight excluding hydrogens is 308 g/mol. The summed E-state index contributed by atoms with van der Waals surface area (Å²) in [4.78, 5) is 1.40. The van der Waals surface area contributed by atoms with Crippen LogP contribution in [0, 0.1) is 0 Å². The molecule has 1 rings (SSSR count). The Morgan fingerprint density at radius 1 is 0.875 bits per heavy atom. The van der Waals surface area contributed by atoms with Crippen molar-refractivity contribution >= 4 is 11.8 Å². The molecule has 0 aromatic heterocycles. The monoisotopic (exact) mass is 346 g/mol. The van der Waals surface area contributed by atoms with Crippen molar-refractivity contribution in [2.75, 3.05) is 0 Å². The molecule has 0 aliphatic heterocycles. The quantitative estimate of drug-likeness (QED) is 0.398. The third-order valence-electron chi connectivity index (χ3n) is 4.07. The van der Waals surface area contributed by atoms with Gasteiger partial charge < -0.3 is 0 Å². The zero-order chi connectivity index (χ0) is 18.9. The third kappa shape index (κ3) is 6.31. The lowest BCUT2D eigenvalue weighted by Gasteiger charge is -2.32. The molecule has 1 aromatic rings. The second-order valence-corrected chi connectivity index (χ2v) is 12.1. The minimum atomic E-state index is 0.152. The van der Waals surface area contributed by atoms with Gasteiger partial charge >= 0.3 is 0 Å². The van der Waals surface area contributed by atoms with Gasteiger partial charge in [-0.2, -0.15) is 0 Å². The number of hydrogen-bond donors (Lipinski definition) is 0. The van der Waals surface area contributed by atoms with Gasteiger partial charge in [0.05, 0.1) is 0 Å². The van der Waals surface area contributed by atoms with Gasteiger partial charge in [-0.25, -0.2) is 0 Å². The summed E-state index contributed by atoms with van der Waals surface area (Å²) in [7, 11) is 0. The van der Waals surface area contributed by atoms with Crippen LogP contribution < -0.4 is 0 Å². The molecule has 1 aromatic carbocycles. The van der Waals surface area contributed by atoms with E-state index in [1.165, 1.54) is 27.2 Å². The van der Waals surface area contributed by atoms with E-state index in [9.17, 15) is 0 Å². The predicted octanol–water partition coefficient (Wildman–Crippen LogP) is 7.68. The minimum Gasteiger partial charge on any atom is -0.120 e. The van der Waals surface area contributed by atoms with Crippen molar-refractivity contribution in [3.8, 4) is 0 Å². The van der Waals surface area contributed by atoms with E-state index in [4.69, 9.17) is 0 Å². The standard InChI is InChI=1S/C23H38S/c1-16(2)12-13-18-19(21(3,4)5)14-17(24-23(9,10)11)15-20(18)22(6,7)8/h14-15H,1,12-13H2,2-11H3. The van der Waals surface area contributed by atoms with Crippen LogP contribution in [0.1, 0.15) is 92.3 Å². The fourth-order valence-corrected chi connectivity index (χ4v) is 4.06. The Hall–Kier alpha value is -0.690. The molecule has 0 radical (unpaired) electrons. The predicted molar refractivity (Wildman–Crippen MR) is 113 cm³/mol. The molecule has 136 valence electrons. The SMILES string of the molecule is C=C(C)CCc1c(C(C)(C)C)cc(SC(C)(C)C)cc1C(C)(C)C. The first-order valence-corrected chi connectivity index (χ1v) is 9.94. The number of benzene rings is 1. The van der Waals surface area contributed by atoms with Gasteiger partial charge in [-0.3, -0.25) is 0 Å². The second kappa shape index (κ2) is 7.28. The normalized spacial score (nSPS) is 13.2. The summed E-state index contributed by atoms with van der Waals surface area (Å²) < 4.78 is 0.226. The summed E-state index contributed by atoms with van der Waals surface area (Å²) in [5.41, 5.74) is 6.11. The molecule has 0 fully saturated rings. The Kier molecular flexibility index (Phi) is 6.48. The van der Waals surface area contributed by atoms with Crippen LogP contribution in [0.5, 0.6) is 0 Å². The van der Waals surface area contributed by atoms with Crippen molar-refractivity contribution in [1.29, 1.82) is 0 Å². The third-order valence-corrected chi connectivity index (χ3v) is 5.15. The van der Waals surface area contributed by atoms with Crippen molar-refractivity contribution in [1.82, 2.24) is 0 Å². The van der Waals surface area contributed by atoms with Gasteiger partial charge in [0.2, 0.25) is 0 Å². The van der Waals surface area contributed by atoms with E-state index in [1.807, 2.05) is 11.8 Å². The minimum absolute atomic E-state index is 0.152. The average Bonchev–Trinajstić information content (AvgIpc) is 2.31. The highest BCUT2D eigenvalue weighted by Gasteiger charge is 2.27. The van der Waals surface area contributed by atoms with Crippen LogP contribution in [0.2, 0.25) is 0 Å². The Bertz CT molecular complexity index is 551. The molecule has 24 heavy (non-hydrogen) atoms. The van der Waals surface area contributed by atoms with Crippen LogP contribution in [0.15, 0.2) is 29.2 Å². The van der Waals surface area contributed by atoms with Crippen LogP contribution in [0.3, 0.4) is 0 Å². The van der Waals surface area contributed by atoms with Crippen LogP contribution in [-0.4, -0.2) is 4.75 Å². The highest BCUT2D eigenvalue weighted by Crippen LogP contribution is 2.41. The summed E-state index contributed by atoms with van der Waals surface area (Å²) in [5.74, 6) is 0. The first-order chi connectivity index (χ1) is 10.6. The lowest BCUT2D eigenvalue weighted by atomic mass is 9.75. The maximum atomic E-state index is 4.12. The van der Waals surface area contributed by atoms with Crippen molar-refractivity contribution in [2.45, 2.75) is 103 Å². The fourth-order valence-electron chi connectivity index (χ4n) is 3.00. The summed E-state index contributed by atoms with van der Waals surface area (Å²) in [6.45, 7) is 27.2. The zero-order valence-electron chi connectivity index (χ0n) is 17.7. The molecule has 0 saturated carbocycles. The maximum Gasteiger partial charge on any atom is 0.0122 e. The fraction of sp³-hybridized carbons (Fsp3) is 0.652. The molecular formula is C23H38S. The van der Waals surface area contributed by atoms with E-state index in [-0.39, 0.29) is 15.6 Å². The largest absolute Gasteiger partial charge is 0.120 e. The van der Waals surface area contributed by atoms with Gasteiger partial charge in [-0.15, -0.1) is 18.3 Å². The Morgan fingerprint density at radius 3 is 1.58 bits per heavy atom. The average molecular weight is 347 g/mol. The zero-order valence-corrected chi connectivity index (χ0v) is 18.5. The molecule has 0 unspecified atom stereocenters. The summed E-state index contributed by atoms with van der Waals surface area (Å²) in [6.07, 6.45) is 2.16. The van der Waals surface area contributed by atoms with Gasteiger partial charge in [-0.1, -0.05) is 67.9 Å². The highest BCUT2D eigenvalue weighted by atomic mass is 32.2. The summed E-state index contributed by atoms with van der Waals surface area (Å²) in [5, 5.41) is 0. The lowest BCUT2D eigenvalue weighted by Crippen LogP contribution is -2.22. The topological polar surface area (TPSA) is 0 Å². The molecule has 0 amide bonds.